The Morgan fingerprint density at radius 3 is 3.00 bits per heavy atom. The van der Waals surface area contributed by atoms with Crippen LogP contribution < -0.4 is 9.64 Å². The number of aromatic nitrogens is 2. The lowest BCUT2D eigenvalue weighted by Crippen LogP contribution is -2.43. The minimum atomic E-state index is 0.275. The fourth-order valence-electron chi connectivity index (χ4n) is 3.03. The second-order valence-electron chi connectivity index (χ2n) is 5.81. The summed E-state index contributed by atoms with van der Waals surface area (Å²) in [6, 6.07) is 12.7. The average Bonchev–Trinajstić information content (AvgIpc) is 3.05. The predicted octanol–water partition coefficient (Wildman–Crippen LogP) is 3.66. The summed E-state index contributed by atoms with van der Waals surface area (Å²) in [6.07, 6.45) is 6.93. The van der Waals surface area contributed by atoms with Crippen molar-refractivity contribution >= 4 is 17.1 Å². The molecule has 0 saturated carbocycles. The van der Waals surface area contributed by atoms with Crippen LogP contribution in [0.1, 0.15) is 19.3 Å². The second-order valence-corrected chi connectivity index (χ2v) is 5.81. The summed E-state index contributed by atoms with van der Waals surface area (Å²) in [5.41, 5.74) is 1.74. The van der Waals surface area contributed by atoms with E-state index in [2.05, 4.69) is 14.9 Å². The van der Waals surface area contributed by atoms with Crippen LogP contribution in [0.5, 0.6) is 5.75 Å². The van der Waals surface area contributed by atoms with Gasteiger partial charge in [0.15, 0.2) is 5.58 Å². The Hall–Kier alpha value is -2.56. The van der Waals surface area contributed by atoms with Gasteiger partial charge in [0.2, 0.25) is 0 Å². The van der Waals surface area contributed by atoms with Crippen molar-refractivity contribution in [1.29, 1.82) is 0 Å². The van der Waals surface area contributed by atoms with Crippen LogP contribution in [-0.2, 0) is 0 Å². The Bertz CT molecular complexity index is 739. The van der Waals surface area contributed by atoms with Gasteiger partial charge in [-0.05, 0) is 43.5 Å². The van der Waals surface area contributed by atoms with Crippen LogP contribution in [-0.4, -0.2) is 29.2 Å². The number of piperidine rings is 1. The Morgan fingerprint density at radius 2 is 2.13 bits per heavy atom. The third-order valence-corrected chi connectivity index (χ3v) is 4.23. The fourth-order valence-corrected chi connectivity index (χ4v) is 3.03. The zero-order valence-electron chi connectivity index (χ0n) is 12.9. The highest BCUT2D eigenvalue weighted by molar-refractivity contribution is 5.74. The molecule has 1 fully saturated rings. The maximum absolute atomic E-state index is 5.94. The van der Waals surface area contributed by atoms with Gasteiger partial charge in [-0.1, -0.05) is 12.1 Å². The smallest absolute Gasteiger partial charge is 0.298 e. The molecular formula is C18H19N3O2. The molecule has 1 saturated heterocycles. The maximum Gasteiger partial charge on any atom is 0.298 e. The topological polar surface area (TPSA) is 51.4 Å². The van der Waals surface area contributed by atoms with E-state index in [9.17, 15) is 0 Å². The lowest BCUT2D eigenvalue weighted by atomic mass is 10.0. The van der Waals surface area contributed by atoms with E-state index in [1.165, 1.54) is 6.42 Å². The number of nitrogens with zero attached hydrogens (tertiary/aromatic N) is 3. The minimum Gasteiger partial charge on any atom is -0.490 e. The summed E-state index contributed by atoms with van der Waals surface area (Å²) in [4.78, 5) is 11.0. The quantitative estimate of drug-likeness (QED) is 0.736. The zero-order chi connectivity index (χ0) is 15.5. The number of anilines is 1. The molecule has 0 spiro atoms. The molecular weight excluding hydrogens is 290 g/mol. The van der Waals surface area contributed by atoms with Gasteiger partial charge < -0.3 is 14.1 Å². The molecule has 1 atom stereocenters. The normalized spacial score (nSPS) is 18.3. The van der Waals surface area contributed by atoms with Gasteiger partial charge in [-0.25, -0.2) is 0 Å². The first-order valence-corrected chi connectivity index (χ1v) is 8.05. The van der Waals surface area contributed by atoms with Crippen molar-refractivity contribution in [2.75, 3.05) is 18.1 Å². The third-order valence-electron chi connectivity index (χ3n) is 4.23. The number of ether oxygens (including phenoxy) is 1. The van der Waals surface area contributed by atoms with Gasteiger partial charge in [0.05, 0.1) is 12.2 Å². The van der Waals surface area contributed by atoms with Crippen LogP contribution >= 0.6 is 0 Å². The van der Waals surface area contributed by atoms with E-state index in [0.29, 0.717) is 12.6 Å². The number of pyridine rings is 1. The van der Waals surface area contributed by atoms with Crippen molar-refractivity contribution in [3.8, 4) is 5.75 Å². The molecule has 3 heterocycles. The molecule has 5 heteroatoms. The highest BCUT2D eigenvalue weighted by Gasteiger charge is 2.27. The van der Waals surface area contributed by atoms with E-state index >= 15 is 0 Å². The molecule has 5 nitrogen and oxygen atoms in total. The lowest BCUT2D eigenvalue weighted by molar-refractivity contribution is 0.254. The number of hydrogen-bond acceptors (Lipinski definition) is 5. The average molecular weight is 309 g/mol. The van der Waals surface area contributed by atoms with E-state index in [1.54, 1.807) is 12.4 Å². The highest BCUT2D eigenvalue weighted by Crippen LogP contribution is 2.28. The molecule has 2 aromatic heterocycles. The van der Waals surface area contributed by atoms with Gasteiger partial charge in [-0.15, -0.1) is 0 Å². The van der Waals surface area contributed by atoms with E-state index in [4.69, 9.17) is 9.15 Å². The molecule has 1 aliphatic heterocycles. The number of para-hydroxylation sites is 2. The number of fused-ring (bicyclic) bond motifs is 1. The van der Waals surface area contributed by atoms with Gasteiger partial charge in [0, 0.05) is 12.7 Å². The molecule has 0 amide bonds. The molecule has 0 radical (unpaired) electrons. The first-order chi connectivity index (χ1) is 11.4. The first kappa shape index (κ1) is 14.1. The molecule has 4 rings (SSSR count). The Balaban J connectivity index is 1.53. The number of hydrogen-bond donors (Lipinski definition) is 0. The zero-order valence-corrected chi connectivity index (χ0v) is 12.9. The molecule has 0 aliphatic carbocycles. The predicted molar refractivity (Wildman–Crippen MR) is 88.7 cm³/mol. The second kappa shape index (κ2) is 6.28. The molecule has 118 valence electrons. The SMILES string of the molecule is c1cncc(OCC2CCCCN2c2nc3ccccc3o2)c1. The monoisotopic (exact) mass is 309 g/mol. The van der Waals surface area contributed by atoms with E-state index < -0.39 is 0 Å². The van der Waals surface area contributed by atoms with Gasteiger partial charge in [-0.2, -0.15) is 4.98 Å². The summed E-state index contributed by atoms with van der Waals surface area (Å²) in [5, 5.41) is 0. The van der Waals surface area contributed by atoms with Crippen LogP contribution in [0.4, 0.5) is 6.01 Å². The molecule has 1 aliphatic rings. The van der Waals surface area contributed by atoms with Crippen molar-refractivity contribution in [2.24, 2.45) is 0 Å². The lowest BCUT2D eigenvalue weighted by Gasteiger charge is -2.34. The molecule has 3 aromatic rings. The van der Waals surface area contributed by atoms with Crippen LogP contribution in [0.25, 0.3) is 11.1 Å². The van der Waals surface area contributed by atoms with Crippen LogP contribution in [0.2, 0.25) is 0 Å². The standard InChI is InChI=1S/C18H19N3O2/c1-2-9-17-16(8-1)20-18(23-17)21-11-4-3-6-14(21)13-22-15-7-5-10-19-12-15/h1-2,5,7-10,12,14H,3-4,6,11,13H2. The van der Waals surface area contributed by atoms with Crippen LogP contribution in [0, 0.1) is 0 Å². The highest BCUT2D eigenvalue weighted by atomic mass is 16.5. The summed E-state index contributed by atoms with van der Waals surface area (Å²) in [5.74, 6) is 0.801. The molecule has 1 unspecified atom stereocenters. The van der Waals surface area contributed by atoms with Crippen molar-refractivity contribution in [1.82, 2.24) is 9.97 Å². The largest absolute Gasteiger partial charge is 0.490 e. The molecule has 1 aromatic carbocycles. The summed E-state index contributed by atoms with van der Waals surface area (Å²) in [7, 11) is 0. The Morgan fingerprint density at radius 1 is 1.17 bits per heavy atom. The minimum absolute atomic E-state index is 0.275. The number of oxazole rings is 1. The van der Waals surface area contributed by atoms with E-state index in [-0.39, 0.29) is 6.04 Å². The summed E-state index contributed by atoms with van der Waals surface area (Å²) in [6.45, 7) is 1.57. The third kappa shape index (κ3) is 2.99. The Kier molecular flexibility index (Phi) is 3.84. The van der Waals surface area contributed by atoms with Gasteiger partial charge in [-0.3, -0.25) is 4.98 Å². The molecule has 23 heavy (non-hydrogen) atoms. The van der Waals surface area contributed by atoms with E-state index in [0.717, 1.165) is 36.2 Å². The van der Waals surface area contributed by atoms with Gasteiger partial charge in [0.25, 0.3) is 6.01 Å². The number of benzene rings is 1. The molecule has 0 N–H and O–H groups in total. The van der Waals surface area contributed by atoms with Crippen molar-refractivity contribution in [3.63, 3.8) is 0 Å². The van der Waals surface area contributed by atoms with Crippen molar-refractivity contribution in [2.45, 2.75) is 25.3 Å². The van der Waals surface area contributed by atoms with Crippen LogP contribution in [0.15, 0.2) is 53.2 Å². The summed E-state index contributed by atoms with van der Waals surface area (Å²) < 4.78 is 11.8. The van der Waals surface area contributed by atoms with Crippen molar-refractivity contribution in [3.05, 3.63) is 48.8 Å². The first-order valence-electron chi connectivity index (χ1n) is 8.05. The Labute approximate surface area is 134 Å². The van der Waals surface area contributed by atoms with Gasteiger partial charge in [0.1, 0.15) is 17.9 Å². The summed E-state index contributed by atoms with van der Waals surface area (Å²) >= 11 is 0. The van der Waals surface area contributed by atoms with Gasteiger partial charge >= 0.3 is 0 Å². The fraction of sp³-hybridized carbons (Fsp3) is 0.333. The van der Waals surface area contributed by atoms with Crippen LogP contribution in [0.3, 0.4) is 0 Å². The molecule has 0 bridgehead atoms. The van der Waals surface area contributed by atoms with Crippen molar-refractivity contribution < 1.29 is 9.15 Å². The number of rotatable bonds is 4. The maximum atomic E-state index is 5.94. The van der Waals surface area contributed by atoms with E-state index in [1.807, 2.05) is 36.4 Å².